The summed E-state index contributed by atoms with van der Waals surface area (Å²) in [4.78, 5) is 4.38. The molecule has 4 N–H and O–H groups in total. The van der Waals surface area contributed by atoms with E-state index in [1.54, 1.807) is 0 Å². The maximum Gasteiger partial charge on any atom is 0.208 e. The average Bonchev–Trinajstić information content (AvgIpc) is 2.54. The minimum atomic E-state index is -3.14. The van der Waals surface area contributed by atoms with Gasteiger partial charge in [0.05, 0.1) is 12.4 Å². The molecule has 0 aliphatic rings. The Morgan fingerprint density at radius 3 is 2.48 bits per heavy atom. The van der Waals surface area contributed by atoms with Gasteiger partial charge in [0, 0.05) is 26.2 Å². The zero-order valence-electron chi connectivity index (χ0n) is 14.7. The zero-order chi connectivity index (χ0) is 17.8. The molecule has 0 saturated heterocycles. The Balaban J connectivity index is 0.00000576. The van der Waals surface area contributed by atoms with Crippen molar-refractivity contribution in [2.24, 2.45) is 4.99 Å². The number of aliphatic hydroxyl groups excluding tert-OH is 1. The first-order valence-electron chi connectivity index (χ1n) is 8.12. The molecule has 0 aromatic heterocycles. The van der Waals surface area contributed by atoms with Gasteiger partial charge in [0.2, 0.25) is 10.0 Å². The Morgan fingerprint density at radius 1 is 1.20 bits per heavy atom. The number of aliphatic imine (C=N–C) groups is 1. The van der Waals surface area contributed by atoms with Crippen molar-refractivity contribution in [3.05, 3.63) is 35.9 Å². The Morgan fingerprint density at radius 2 is 1.88 bits per heavy atom. The molecule has 9 heteroatoms. The molecule has 7 nitrogen and oxygen atoms in total. The van der Waals surface area contributed by atoms with Gasteiger partial charge in [0.25, 0.3) is 0 Å². The second kappa shape index (κ2) is 13.3. The van der Waals surface area contributed by atoms with Crippen LogP contribution in [-0.2, 0) is 10.0 Å². The lowest BCUT2D eigenvalue weighted by Crippen LogP contribution is -2.38. The van der Waals surface area contributed by atoms with Gasteiger partial charge in [0.15, 0.2) is 5.96 Å². The summed E-state index contributed by atoms with van der Waals surface area (Å²) in [6.45, 7) is 4.17. The Kier molecular flexibility index (Phi) is 12.8. The maximum absolute atomic E-state index is 11.0. The third-order valence-electron chi connectivity index (χ3n) is 3.21. The molecule has 0 radical (unpaired) electrons. The van der Waals surface area contributed by atoms with Gasteiger partial charge in [-0.2, -0.15) is 0 Å². The van der Waals surface area contributed by atoms with Gasteiger partial charge >= 0.3 is 0 Å². The monoisotopic (exact) mass is 484 g/mol. The van der Waals surface area contributed by atoms with Gasteiger partial charge in [-0.3, -0.25) is 4.99 Å². The van der Waals surface area contributed by atoms with Crippen LogP contribution in [0, 0.1) is 0 Å². The van der Waals surface area contributed by atoms with Crippen molar-refractivity contribution in [1.29, 1.82) is 0 Å². The summed E-state index contributed by atoms with van der Waals surface area (Å²) in [7, 11) is -3.14. The fourth-order valence-corrected chi connectivity index (χ4v) is 2.55. The Labute approximate surface area is 167 Å². The van der Waals surface area contributed by atoms with Crippen molar-refractivity contribution in [2.45, 2.75) is 25.9 Å². The molecule has 1 aromatic rings. The predicted octanol–water partition coefficient (Wildman–Crippen LogP) is 1.22. The standard InChI is InChI=1S/C16H28N4O3S.HI/c1-3-17-16(18-11-7-12-20-24(2,22)23)19-13-10-15(21)14-8-5-4-6-9-14;/h4-6,8-9,15,20-21H,3,7,10-13H2,1-2H3,(H2,17,18,19);1H. The fraction of sp³-hybridized carbons (Fsp3) is 0.562. The molecule has 0 heterocycles. The highest BCUT2D eigenvalue weighted by molar-refractivity contribution is 14.0. The Bertz CT molecular complexity index is 597. The molecular formula is C16H29IN4O3S. The molecule has 0 aliphatic carbocycles. The number of guanidine groups is 1. The SMILES string of the molecule is CCNC(=NCCCNS(C)(=O)=O)NCCC(O)c1ccccc1.I. The number of sulfonamides is 1. The molecule has 0 aliphatic heterocycles. The highest BCUT2D eigenvalue weighted by Gasteiger charge is 2.07. The fourth-order valence-electron chi connectivity index (χ4n) is 2.04. The van der Waals surface area contributed by atoms with Crippen molar-refractivity contribution in [1.82, 2.24) is 15.4 Å². The van der Waals surface area contributed by atoms with E-state index in [-0.39, 0.29) is 24.0 Å². The minimum absolute atomic E-state index is 0. The van der Waals surface area contributed by atoms with E-state index in [0.717, 1.165) is 18.4 Å². The van der Waals surface area contributed by atoms with E-state index in [4.69, 9.17) is 0 Å². The average molecular weight is 484 g/mol. The second-order valence-electron chi connectivity index (χ2n) is 5.42. The van der Waals surface area contributed by atoms with Gasteiger partial charge in [-0.15, -0.1) is 24.0 Å². The second-order valence-corrected chi connectivity index (χ2v) is 7.26. The highest BCUT2D eigenvalue weighted by atomic mass is 127. The van der Waals surface area contributed by atoms with Gasteiger partial charge < -0.3 is 15.7 Å². The van der Waals surface area contributed by atoms with Crippen LogP contribution in [0.2, 0.25) is 0 Å². The molecule has 1 atom stereocenters. The van der Waals surface area contributed by atoms with Crippen molar-refractivity contribution >= 4 is 40.0 Å². The number of aliphatic hydroxyl groups is 1. The van der Waals surface area contributed by atoms with E-state index in [9.17, 15) is 13.5 Å². The number of hydrogen-bond donors (Lipinski definition) is 4. The molecule has 0 bridgehead atoms. The minimum Gasteiger partial charge on any atom is -0.388 e. The first-order valence-corrected chi connectivity index (χ1v) is 10.0. The molecule has 1 rings (SSSR count). The van der Waals surface area contributed by atoms with Crippen LogP contribution in [0.5, 0.6) is 0 Å². The van der Waals surface area contributed by atoms with Crippen LogP contribution in [0.15, 0.2) is 35.3 Å². The van der Waals surface area contributed by atoms with Gasteiger partial charge in [-0.05, 0) is 25.3 Å². The predicted molar refractivity (Wildman–Crippen MR) is 113 cm³/mol. The van der Waals surface area contributed by atoms with E-state index < -0.39 is 16.1 Å². The molecule has 1 aromatic carbocycles. The summed E-state index contributed by atoms with van der Waals surface area (Å²) in [6.07, 6.45) is 1.82. The summed E-state index contributed by atoms with van der Waals surface area (Å²) in [6, 6.07) is 9.53. The van der Waals surface area contributed by atoms with E-state index in [0.29, 0.717) is 38.4 Å². The number of hydrogen-bond acceptors (Lipinski definition) is 4. The molecular weight excluding hydrogens is 455 g/mol. The van der Waals surface area contributed by atoms with Gasteiger partial charge in [0.1, 0.15) is 0 Å². The lowest BCUT2D eigenvalue weighted by Gasteiger charge is -2.14. The summed E-state index contributed by atoms with van der Waals surface area (Å²) in [5.74, 6) is 0.664. The van der Waals surface area contributed by atoms with E-state index in [1.165, 1.54) is 0 Å². The van der Waals surface area contributed by atoms with Crippen LogP contribution < -0.4 is 15.4 Å². The van der Waals surface area contributed by atoms with E-state index >= 15 is 0 Å². The lowest BCUT2D eigenvalue weighted by molar-refractivity contribution is 0.168. The van der Waals surface area contributed by atoms with E-state index in [2.05, 4.69) is 20.3 Å². The first kappa shape index (κ1) is 24.1. The summed E-state index contributed by atoms with van der Waals surface area (Å²) in [5.41, 5.74) is 0.896. The first-order chi connectivity index (χ1) is 11.4. The topological polar surface area (TPSA) is 103 Å². The van der Waals surface area contributed by atoms with Crippen LogP contribution in [-0.4, -0.2) is 51.9 Å². The van der Waals surface area contributed by atoms with Gasteiger partial charge in [-0.25, -0.2) is 13.1 Å². The third-order valence-corrected chi connectivity index (χ3v) is 3.94. The van der Waals surface area contributed by atoms with Crippen molar-refractivity contribution in [3.63, 3.8) is 0 Å². The zero-order valence-corrected chi connectivity index (χ0v) is 17.9. The number of rotatable bonds is 10. The number of nitrogens with one attached hydrogen (secondary N) is 3. The molecule has 1 unspecified atom stereocenters. The Hall–Kier alpha value is -0.910. The van der Waals surface area contributed by atoms with Crippen LogP contribution in [0.25, 0.3) is 0 Å². The smallest absolute Gasteiger partial charge is 0.208 e. The summed E-state index contributed by atoms with van der Waals surface area (Å²) in [5, 5.41) is 16.4. The molecule has 0 amide bonds. The van der Waals surface area contributed by atoms with E-state index in [1.807, 2.05) is 37.3 Å². The molecule has 0 spiro atoms. The quantitative estimate of drug-likeness (QED) is 0.173. The van der Waals surface area contributed by atoms with Gasteiger partial charge in [-0.1, -0.05) is 30.3 Å². The van der Waals surface area contributed by atoms with Crippen LogP contribution in [0.4, 0.5) is 0 Å². The lowest BCUT2D eigenvalue weighted by atomic mass is 10.1. The van der Waals surface area contributed by atoms with Crippen LogP contribution >= 0.6 is 24.0 Å². The summed E-state index contributed by atoms with van der Waals surface area (Å²) >= 11 is 0. The third kappa shape index (κ3) is 12.1. The molecule has 0 fully saturated rings. The number of halogens is 1. The normalized spacial score (nSPS) is 13.0. The van der Waals surface area contributed by atoms with Crippen molar-refractivity contribution in [3.8, 4) is 0 Å². The largest absolute Gasteiger partial charge is 0.388 e. The van der Waals surface area contributed by atoms with Crippen LogP contribution in [0.1, 0.15) is 31.4 Å². The maximum atomic E-state index is 11.0. The van der Waals surface area contributed by atoms with Crippen molar-refractivity contribution in [2.75, 3.05) is 32.4 Å². The molecule has 0 saturated carbocycles. The molecule has 144 valence electrons. The number of benzene rings is 1. The number of nitrogens with zero attached hydrogens (tertiary/aromatic N) is 1. The molecule has 25 heavy (non-hydrogen) atoms. The van der Waals surface area contributed by atoms with Crippen LogP contribution in [0.3, 0.4) is 0 Å². The highest BCUT2D eigenvalue weighted by Crippen LogP contribution is 2.14. The van der Waals surface area contributed by atoms with Crippen molar-refractivity contribution < 1.29 is 13.5 Å². The summed E-state index contributed by atoms with van der Waals surface area (Å²) < 4.78 is 24.3.